The van der Waals surface area contributed by atoms with Crippen LogP contribution in [0.25, 0.3) is 0 Å². The minimum atomic E-state index is -0.748. The molecule has 0 atom stereocenters. The van der Waals surface area contributed by atoms with Crippen LogP contribution in [0.2, 0.25) is 0 Å². The van der Waals surface area contributed by atoms with Crippen molar-refractivity contribution in [3.63, 3.8) is 0 Å². The van der Waals surface area contributed by atoms with Crippen molar-refractivity contribution in [3.8, 4) is 5.75 Å². The molecular weight excluding hydrogens is 351 g/mol. The number of nitrogens with one attached hydrogen (secondary N) is 1. The predicted octanol–water partition coefficient (Wildman–Crippen LogP) is 4.57. The van der Waals surface area contributed by atoms with Crippen LogP contribution < -0.4 is 10.1 Å². The standard InChI is InChI=1S/C20H15FN2O4/c21-18-11-10-16(23(25)26)12-19(18)22-20(24)15-8-6-14(7-9-15)13-27-17-4-2-1-3-5-17/h1-12H,13H2,(H,22,24). The van der Waals surface area contributed by atoms with Crippen molar-refractivity contribution in [1.29, 1.82) is 0 Å². The van der Waals surface area contributed by atoms with E-state index < -0.39 is 16.6 Å². The Labute approximate surface area is 154 Å². The maximum Gasteiger partial charge on any atom is 0.271 e. The highest BCUT2D eigenvalue weighted by Gasteiger charge is 2.14. The molecule has 0 saturated heterocycles. The lowest BCUT2D eigenvalue weighted by Gasteiger charge is -2.08. The number of non-ortho nitro benzene ring substituents is 1. The molecular formula is C20H15FN2O4. The number of benzene rings is 3. The zero-order valence-electron chi connectivity index (χ0n) is 14.1. The Morgan fingerprint density at radius 2 is 1.74 bits per heavy atom. The molecule has 0 unspecified atom stereocenters. The molecule has 27 heavy (non-hydrogen) atoms. The first-order chi connectivity index (χ1) is 13.0. The average molecular weight is 366 g/mol. The summed E-state index contributed by atoms with van der Waals surface area (Å²) >= 11 is 0. The van der Waals surface area contributed by atoms with Gasteiger partial charge < -0.3 is 10.1 Å². The molecule has 6 nitrogen and oxygen atoms in total. The number of hydrogen-bond donors (Lipinski definition) is 1. The molecule has 0 fully saturated rings. The molecule has 3 aromatic rings. The van der Waals surface area contributed by atoms with E-state index in [0.717, 1.165) is 29.5 Å². The highest BCUT2D eigenvalue weighted by Crippen LogP contribution is 2.22. The average Bonchev–Trinajstić information content (AvgIpc) is 2.69. The first-order valence-corrected chi connectivity index (χ1v) is 8.05. The minimum absolute atomic E-state index is 0.245. The van der Waals surface area contributed by atoms with Gasteiger partial charge in [-0.3, -0.25) is 14.9 Å². The largest absolute Gasteiger partial charge is 0.489 e. The summed E-state index contributed by atoms with van der Waals surface area (Å²) in [5, 5.41) is 13.1. The summed E-state index contributed by atoms with van der Waals surface area (Å²) < 4.78 is 19.4. The summed E-state index contributed by atoms with van der Waals surface area (Å²) in [7, 11) is 0. The Kier molecular flexibility index (Phi) is 5.41. The fourth-order valence-corrected chi connectivity index (χ4v) is 2.35. The zero-order valence-corrected chi connectivity index (χ0v) is 14.1. The van der Waals surface area contributed by atoms with Crippen molar-refractivity contribution in [2.45, 2.75) is 6.61 Å². The molecule has 1 N–H and O–H groups in total. The summed E-state index contributed by atoms with van der Waals surface area (Å²) in [6.07, 6.45) is 0. The van der Waals surface area contributed by atoms with Gasteiger partial charge in [0.1, 0.15) is 18.2 Å². The maximum absolute atomic E-state index is 13.8. The van der Waals surface area contributed by atoms with Crippen molar-refractivity contribution in [2.75, 3.05) is 5.32 Å². The Morgan fingerprint density at radius 1 is 1.04 bits per heavy atom. The summed E-state index contributed by atoms with van der Waals surface area (Å²) in [5.41, 5.74) is 0.604. The van der Waals surface area contributed by atoms with E-state index in [0.29, 0.717) is 12.2 Å². The van der Waals surface area contributed by atoms with Gasteiger partial charge in [-0.15, -0.1) is 0 Å². The molecule has 0 bridgehead atoms. The number of hydrogen-bond acceptors (Lipinski definition) is 4. The monoisotopic (exact) mass is 366 g/mol. The van der Waals surface area contributed by atoms with Crippen LogP contribution in [0, 0.1) is 15.9 Å². The van der Waals surface area contributed by atoms with Crippen molar-refractivity contribution in [1.82, 2.24) is 0 Å². The Morgan fingerprint density at radius 3 is 2.41 bits per heavy atom. The third-order valence-electron chi connectivity index (χ3n) is 3.77. The van der Waals surface area contributed by atoms with E-state index in [1.165, 1.54) is 0 Å². The molecule has 3 rings (SSSR count). The molecule has 0 aromatic heterocycles. The number of anilines is 1. The van der Waals surface area contributed by atoms with Crippen molar-refractivity contribution >= 4 is 17.3 Å². The molecule has 7 heteroatoms. The Bertz CT molecular complexity index is 959. The topological polar surface area (TPSA) is 81.5 Å². The number of para-hydroxylation sites is 1. The summed E-state index contributed by atoms with van der Waals surface area (Å²) in [6, 6.07) is 18.9. The smallest absolute Gasteiger partial charge is 0.271 e. The molecule has 1 amide bonds. The van der Waals surface area contributed by atoms with Crippen LogP contribution in [-0.4, -0.2) is 10.8 Å². The number of nitrogens with zero attached hydrogens (tertiary/aromatic N) is 1. The van der Waals surface area contributed by atoms with Gasteiger partial charge in [0.05, 0.1) is 10.6 Å². The summed E-state index contributed by atoms with van der Waals surface area (Å²) in [6.45, 7) is 0.339. The van der Waals surface area contributed by atoms with Crippen molar-refractivity contribution in [3.05, 3.63) is 99.9 Å². The van der Waals surface area contributed by atoms with Gasteiger partial charge in [-0.1, -0.05) is 30.3 Å². The molecule has 0 saturated carbocycles. The highest BCUT2D eigenvalue weighted by molar-refractivity contribution is 6.04. The van der Waals surface area contributed by atoms with Crippen LogP contribution in [0.4, 0.5) is 15.8 Å². The van der Waals surface area contributed by atoms with Crippen molar-refractivity contribution < 1.29 is 18.8 Å². The summed E-state index contributed by atoms with van der Waals surface area (Å²) in [4.78, 5) is 22.4. The second-order valence-electron chi connectivity index (χ2n) is 5.67. The SMILES string of the molecule is O=C(Nc1cc([N+](=O)[O-])ccc1F)c1ccc(COc2ccccc2)cc1. The van der Waals surface area contributed by atoms with Crippen LogP contribution in [0.15, 0.2) is 72.8 Å². The van der Waals surface area contributed by atoms with E-state index >= 15 is 0 Å². The fourth-order valence-electron chi connectivity index (χ4n) is 2.35. The predicted molar refractivity (Wildman–Crippen MR) is 98.2 cm³/mol. The molecule has 0 heterocycles. The lowest BCUT2D eigenvalue weighted by atomic mass is 10.1. The third-order valence-corrected chi connectivity index (χ3v) is 3.77. The van der Waals surface area contributed by atoms with Gasteiger partial charge in [0.25, 0.3) is 11.6 Å². The van der Waals surface area contributed by atoms with E-state index in [-0.39, 0.29) is 11.4 Å². The van der Waals surface area contributed by atoms with Gasteiger partial charge >= 0.3 is 0 Å². The lowest BCUT2D eigenvalue weighted by molar-refractivity contribution is -0.384. The first kappa shape index (κ1) is 18.1. The third kappa shape index (κ3) is 4.66. The number of amides is 1. The second kappa shape index (κ2) is 8.09. The second-order valence-corrected chi connectivity index (χ2v) is 5.67. The molecule has 0 aliphatic rings. The zero-order chi connectivity index (χ0) is 19.2. The van der Waals surface area contributed by atoms with Gasteiger partial charge in [0.2, 0.25) is 0 Å². The summed E-state index contributed by atoms with van der Waals surface area (Å²) in [5.74, 6) is -0.577. The molecule has 0 aliphatic heterocycles. The number of rotatable bonds is 6. The highest BCUT2D eigenvalue weighted by atomic mass is 19.1. The number of carbonyl (C=O) groups is 1. The van der Waals surface area contributed by atoms with E-state index in [9.17, 15) is 19.3 Å². The molecule has 0 aliphatic carbocycles. The van der Waals surface area contributed by atoms with Crippen molar-refractivity contribution in [2.24, 2.45) is 0 Å². The van der Waals surface area contributed by atoms with E-state index in [1.807, 2.05) is 30.3 Å². The minimum Gasteiger partial charge on any atom is -0.489 e. The van der Waals surface area contributed by atoms with Gasteiger partial charge in [0, 0.05) is 17.7 Å². The quantitative estimate of drug-likeness (QED) is 0.512. The van der Waals surface area contributed by atoms with Crippen LogP contribution >= 0.6 is 0 Å². The lowest BCUT2D eigenvalue weighted by Crippen LogP contribution is -2.13. The van der Waals surface area contributed by atoms with E-state index in [1.54, 1.807) is 24.3 Å². The van der Waals surface area contributed by atoms with Crippen LogP contribution in [0.5, 0.6) is 5.75 Å². The van der Waals surface area contributed by atoms with Gasteiger partial charge in [-0.05, 0) is 35.9 Å². The number of carbonyl (C=O) groups excluding carboxylic acids is 1. The van der Waals surface area contributed by atoms with Gasteiger partial charge in [-0.25, -0.2) is 4.39 Å². The van der Waals surface area contributed by atoms with E-state index in [2.05, 4.69) is 5.32 Å². The van der Waals surface area contributed by atoms with Gasteiger partial charge in [0.15, 0.2) is 0 Å². The normalized spacial score (nSPS) is 10.3. The fraction of sp³-hybridized carbons (Fsp3) is 0.0500. The number of nitro groups is 1. The van der Waals surface area contributed by atoms with Crippen LogP contribution in [0.1, 0.15) is 15.9 Å². The van der Waals surface area contributed by atoms with E-state index in [4.69, 9.17) is 4.74 Å². The molecule has 3 aromatic carbocycles. The molecule has 136 valence electrons. The Balaban J connectivity index is 1.65. The maximum atomic E-state index is 13.8. The first-order valence-electron chi connectivity index (χ1n) is 8.05. The number of nitro benzene ring substituents is 1. The number of ether oxygens (including phenoxy) is 1. The number of halogens is 1. The molecule has 0 radical (unpaired) electrons. The Hall–Kier alpha value is -3.74. The van der Waals surface area contributed by atoms with Crippen LogP contribution in [-0.2, 0) is 6.61 Å². The van der Waals surface area contributed by atoms with Gasteiger partial charge in [-0.2, -0.15) is 0 Å². The molecule has 0 spiro atoms. The van der Waals surface area contributed by atoms with Crippen LogP contribution in [0.3, 0.4) is 0 Å².